The first-order chi connectivity index (χ1) is 14.0. The van der Waals surface area contributed by atoms with Crippen LogP contribution in [-0.2, 0) is 31.5 Å². The minimum atomic E-state index is -0.233. The quantitative estimate of drug-likeness (QED) is 0.0884. The van der Waals surface area contributed by atoms with Crippen molar-refractivity contribution in [2.24, 2.45) is 0 Å². The molecule has 0 unspecified atom stereocenters. The maximum atomic E-state index is 10.3. The number of aliphatic hydroxyl groups is 6. The molecule has 0 amide bonds. The van der Waals surface area contributed by atoms with E-state index < -0.39 is 0 Å². The number of rotatable bonds is 12. The van der Waals surface area contributed by atoms with Crippen LogP contribution in [0, 0.1) is 0 Å². The van der Waals surface area contributed by atoms with E-state index in [4.69, 9.17) is 30.6 Å². The van der Waals surface area contributed by atoms with Gasteiger partial charge in [0.1, 0.15) is 0 Å². The molecule has 0 rings (SSSR count). The van der Waals surface area contributed by atoms with Crippen LogP contribution in [0.4, 0.5) is 0 Å². The van der Waals surface area contributed by atoms with E-state index >= 15 is 0 Å². The number of aliphatic hydroxyl groups excluding tert-OH is 6. The van der Waals surface area contributed by atoms with Gasteiger partial charge in [-0.3, -0.25) is 14.4 Å². The molecule has 0 aromatic rings. The number of hydrogen-bond acceptors (Lipinski definition) is 12. The molecule has 0 aliphatic heterocycles. The van der Waals surface area contributed by atoms with Crippen LogP contribution in [0.2, 0.25) is 0 Å². The van der Waals surface area contributed by atoms with Gasteiger partial charge in [-0.2, -0.15) is 0 Å². The van der Waals surface area contributed by atoms with Crippen molar-refractivity contribution in [3.63, 3.8) is 0 Å². The van der Waals surface area contributed by atoms with Crippen molar-refractivity contribution >= 4 is 17.3 Å². The number of hydrogen-bond donors (Lipinski definition) is 9. The average Bonchev–Trinajstić information content (AvgIpc) is 2.62. The first kappa shape index (κ1) is 35.8. The molecule has 0 heterocycles. The fraction of sp³-hybridized carbons (Fsp3) is 0.500. The van der Waals surface area contributed by atoms with Gasteiger partial charge in [-0.25, -0.2) is 0 Å². The van der Waals surface area contributed by atoms with Gasteiger partial charge in [0.2, 0.25) is 0 Å². The van der Waals surface area contributed by atoms with E-state index in [1.165, 1.54) is 20.8 Å². The molecule has 0 saturated heterocycles. The molecule has 0 aromatic heterocycles. The van der Waals surface area contributed by atoms with E-state index in [2.05, 4.69) is 16.0 Å². The predicted molar refractivity (Wildman–Crippen MR) is 109 cm³/mol. The van der Waals surface area contributed by atoms with Crippen LogP contribution >= 0.6 is 0 Å². The predicted octanol–water partition coefficient (Wildman–Crippen LogP) is -1.33. The molecule has 13 heteroatoms. The molecule has 0 fully saturated rings. The zero-order valence-electron chi connectivity index (χ0n) is 17.7. The van der Waals surface area contributed by atoms with Crippen molar-refractivity contribution in [1.29, 1.82) is 0 Å². The Kier molecular flexibility index (Phi) is 29.4. The molecule has 0 aliphatic rings. The van der Waals surface area contributed by atoms with Crippen LogP contribution in [0.1, 0.15) is 20.8 Å². The van der Waals surface area contributed by atoms with Crippen LogP contribution in [0.3, 0.4) is 0 Å². The SMILES string of the molecule is CC(=O)C=C(O)NCCO.CC(=O)C=C(O)NCCO.CC(=O)C=C(O)NCCO.[Fe]. The Labute approximate surface area is 191 Å². The second kappa shape index (κ2) is 25.5. The monoisotopic (exact) mass is 491 g/mol. The summed E-state index contributed by atoms with van der Waals surface area (Å²) >= 11 is 0. The third-order valence-electron chi connectivity index (χ3n) is 2.27. The van der Waals surface area contributed by atoms with Gasteiger partial charge in [0.05, 0.1) is 19.8 Å². The number of carbonyl (C=O) groups is 3. The fourth-order valence-corrected chi connectivity index (χ4v) is 1.28. The minimum Gasteiger partial charge on any atom is -0.495 e. The van der Waals surface area contributed by atoms with Crippen molar-refractivity contribution < 1.29 is 62.1 Å². The van der Waals surface area contributed by atoms with E-state index in [-0.39, 0.29) is 91.5 Å². The summed E-state index contributed by atoms with van der Waals surface area (Å²) in [6.45, 7) is 4.51. The molecular weight excluding hydrogens is 458 g/mol. The zero-order chi connectivity index (χ0) is 23.9. The normalized spacial score (nSPS) is 10.8. The zero-order valence-corrected chi connectivity index (χ0v) is 18.8. The van der Waals surface area contributed by atoms with E-state index in [1.807, 2.05) is 0 Å². The van der Waals surface area contributed by atoms with Crippen LogP contribution in [0.5, 0.6) is 0 Å². The molecule has 182 valence electrons. The van der Waals surface area contributed by atoms with Crippen LogP contribution < -0.4 is 16.0 Å². The summed E-state index contributed by atoms with van der Waals surface area (Å²) in [5.74, 6) is -1.32. The van der Waals surface area contributed by atoms with Gasteiger partial charge in [-0.1, -0.05) is 0 Å². The Morgan fingerprint density at radius 2 is 0.774 bits per heavy atom. The van der Waals surface area contributed by atoms with Crippen molar-refractivity contribution in [3.05, 3.63) is 35.9 Å². The molecule has 0 spiro atoms. The van der Waals surface area contributed by atoms with Gasteiger partial charge in [0.25, 0.3) is 0 Å². The third kappa shape index (κ3) is 38.6. The van der Waals surface area contributed by atoms with Crippen LogP contribution in [0.15, 0.2) is 35.9 Å². The minimum absolute atomic E-state index is 0. The number of nitrogens with one attached hydrogen (secondary N) is 3. The topological polar surface area (TPSA) is 209 Å². The number of ketones is 3. The molecule has 31 heavy (non-hydrogen) atoms. The Morgan fingerprint density at radius 1 is 0.581 bits per heavy atom. The smallest absolute Gasteiger partial charge is 0.187 e. The maximum absolute atomic E-state index is 10.3. The number of carbonyl (C=O) groups excluding carboxylic acids is 3. The standard InChI is InChI=1S/3C6H11NO3.Fe/c3*1-5(9)4-6(10)7-2-3-8;/h3*4,7-8,10H,2-3H2,1H3;. The largest absolute Gasteiger partial charge is 0.495 e. The Hall–Kier alpha value is -2.57. The van der Waals surface area contributed by atoms with Gasteiger partial charge in [-0.05, 0) is 20.8 Å². The molecule has 0 aromatic carbocycles. The van der Waals surface area contributed by atoms with Gasteiger partial charge in [-0.15, -0.1) is 0 Å². The van der Waals surface area contributed by atoms with Gasteiger partial charge < -0.3 is 46.6 Å². The summed E-state index contributed by atoms with van der Waals surface area (Å²) in [6.07, 6.45) is 3.15. The van der Waals surface area contributed by atoms with Crippen molar-refractivity contribution in [3.8, 4) is 0 Å². The molecule has 9 N–H and O–H groups in total. The summed E-state index contributed by atoms with van der Waals surface area (Å²) < 4.78 is 0. The Balaban J connectivity index is -0.000000174. The average molecular weight is 491 g/mol. The van der Waals surface area contributed by atoms with E-state index in [0.717, 1.165) is 18.2 Å². The summed E-state index contributed by atoms with van der Waals surface area (Å²) in [6, 6.07) is 0. The van der Waals surface area contributed by atoms with Gasteiger partial charge in [0.15, 0.2) is 35.0 Å². The first-order valence-corrected chi connectivity index (χ1v) is 8.77. The van der Waals surface area contributed by atoms with Crippen molar-refractivity contribution in [2.45, 2.75) is 20.8 Å². The van der Waals surface area contributed by atoms with Crippen LogP contribution in [0.25, 0.3) is 0 Å². The van der Waals surface area contributed by atoms with Crippen molar-refractivity contribution in [1.82, 2.24) is 16.0 Å². The van der Waals surface area contributed by atoms with E-state index in [1.54, 1.807) is 0 Å². The third-order valence-corrected chi connectivity index (χ3v) is 2.27. The van der Waals surface area contributed by atoms with Crippen LogP contribution in [-0.4, -0.2) is 87.4 Å². The number of allylic oxidation sites excluding steroid dienone is 3. The molecule has 0 radical (unpaired) electrons. The van der Waals surface area contributed by atoms with E-state index in [9.17, 15) is 14.4 Å². The summed E-state index contributed by atoms with van der Waals surface area (Å²) in [5.41, 5.74) is 0. The molecule has 0 aliphatic carbocycles. The molecule has 0 saturated carbocycles. The summed E-state index contributed by atoms with van der Waals surface area (Å²) in [7, 11) is 0. The second-order valence-electron chi connectivity index (χ2n) is 5.37. The summed E-state index contributed by atoms with van der Waals surface area (Å²) in [5, 5.41) is 58.3. The van der Waals surface area contributed by atoms with Gasteiger partial charge in [0, 0.05) is 54.9 Å². The van der Waals surface area contributed by atoms with Crippen molar-refractivity contribution in [2.75, 3.05) is 39.5 Å². The maximum Gasteiger partial charge on any atom is 0.187 e. The molecule has 0 atom stereocenters. The molecular formula is C18H33FeN3O9. The Bertz CT molecular complexity index is 513. The van der Waals surface area contributed by atoms with Gasteiger partial charge >= 0.3 is 0 Å². The molecule has 12 nitrogen and oxygen atoms in total. The molecule has 0 bridgehead atoms. The van der Waals surface area contributed by atoms with E-state index in [0.29, 0.717) is 0 Å². The Morgan fingerprint density at radius 3 is 0.903 bits per heavy atom. The summed E-state index contributed by atoms with van der Waals surface area (Å²) in [4.78, 5) is 30.8. The first-order valence-electron chi connectivity index (χ1n) is 8.77. The fourth-order valence-electron chi connectivity index (χ4n) is 1.28. The second-order valence-corrected chi connectivity index (χ2v) is 5.37.